The molecule has 0 radical (unpaired) electrons. The zero-order chi connectivity index (χ0) is 18.3. The Morgan fingerprint density at radius 1 is 1.00 bits per heavy atom. The van der Waals surface area contributed by atoms with Gasteiger partial charge in [-0.3, -0.25) is 9.59 Å². The summed E-state index contributed by atoms with van der Waals surface area (Å²) in [6.07, 6.45) is 8.44. The average Bonchev–Trinajstić information content (AvgIpc) is 2.54. The van der Waals surface area contributed by atoms with Crippen molar-refractivity contribution in [2.45, 2.75) is 58.8 Å². The van der Waals surface area contributed by atoms with Crippen LogP contribution >= 0.6 is 0 Å². The molecule has 1 aromatic rings. The molecule has 0 atom stereocenters. The molecule has 0 heterocycles. The minimum atomic E-state index is -0.157. The standard InChI is InChI=1S/C22H30N2O2/c1-14-3-4-19(15(2)5-14)24-21(26)13-23-20(25)12-22-9-16-6-17(10-22)8-18(7-16)11-22/h3-5,16-18H,6-13H2,1-2H3,(H,23,25)(H,24,26). The van der Waals surface area contributed by atoms with Crippen LogP contribution in [-0.4, -0.2) is 18.4 Å². The van der Waals surface area contributed by atoms with E-state index in [1.165, 1.54) is 44.1 Å². The number of hydrogen-bond donors (Lipinski definition) is 2. The first-order valence-corrected chi connectivity index (χ1v) is 10.0. The number of nitrogens with one attached hydrogen (secondary N) is 2. The van der Waals surface area contributed by atoms with Gasteiger partial charge in [-0.25, -0.2) is 0 Å². The summed E-state index contributed by atoms with van der Waals surface area (Å²) in [5.74, 6) is 2.43. The summed E-state index contributed by atoms with van der Waals surface area (Å²) < 4.78 is 0. The van der Waals surface area contributed by atoms with E-state index in [1.54, 1.807) is 0 Å². The van der Waals surface area contributed by atoms with E-state index in [-0.39, 0.29) is 23.8 Å². The van der Waals surface area contributed by atoms with Gasteiger partial charge in [-0.1, -0.05) is 17.7 Å². The van der Waals surface area contributed by atoms with Crippen LogP contribution in [-0.2, 0) is 9.59 Å². The summed E-state index contributed by atoms with van der Waals surface area (Å²) in [6.45, 7) is 4.07. The van der Waals surface area contributed by atoms with E-state index < -0.39 is 0 Å². The van der Waals surface area contributed by atoms with Crippen molar-refractivity contribution in [1.29, 1.82) is 0 Å². The van der Waals surface area contributed by atoms with Gasteiger partial charge in [-0.15, -0.1) is 0 Å². The maximum atomic E-state index is 12.5. The summed E-state index contributed by atoms with van der Waals surface area (Å²) in [7, 11) is 0. The van der Waals surface area contributed by atoms with E-state index in [0.717, 1.165) is 29.0 Å². The maximum Gasteiger partial charge on any atom is 0.243 e. The van der Waals surface area contributed by atoms with Gasteiger partial charge in [0.05, 0.1) is 6.54 Å². The fourth-order valence-electron chi connectivity index (χ4n) is 6.24. The Balaban J connectivity index is 1.28. The van der Waals surface area contributed by atoms with Crippen molar-refractivity contribution in [1.82, 2.24) is 5.32 Å². The topological polar surface area (TPSA) is 58.2 Å². The molecule has 0 aromatic heterocycles. The van der Waals surface area contributed by atoms with Crippen LogP contribution in [0.5, 0.6) is 0 Å². The lowest BCUT2D eigenvalue weighted by Gasteiger charge is -2.56. The summed E-state index contributed by atoms with van der Waals surface area (Å²) in [6, 6.07) is 5.94. The lowest BCUT2D eigenvalue weighted by atomic mass is 9.49. The van der Waals surface area contributed by atoms with Crippen molar-refractivity contribution in [3.63, 3.8) is 0 Å². The monoisotopic (exact) mass is 354 g/mol. The molecule has 4 nitrogen and oxygen atoms in total. The molecule has 2 N–H and O–H groups in total. The predicted octanol–water partition coefficient (Wildman–Crippen LogP) is 3.96. The predicted molar refractivity (Wildman–Crippen MR) is 103 cm³/mol. The first-order chi connectivity index (χ1) is 12.4. The third-order valence-corrected chi connectivity index (χ3v) is 6.80. The van der Waals surface area contributed by atoms with Gasteiger partial charge >= 0.3 is 0 Å². The number of hydrogen-bond acceptors (Lipinski definition) is 2. The number of amides is 2. The number of carbonyl (C=O) groups excluding carboxylic acids is 2. The summed E-state index contributed by atoms with van der Waals surface area (Å²) in [5, 5.41) is 5.76. The zero-order valence-electron chi connectivity index (χ0n) is 15.9. The van der Waals surface area contributed by atoms with Crippen LogP contribution < -0.4 is 10.6 Å². The summed E-state index contributed by atoms with van der Waals surface area (Å²) in [4.78, 5) is 24.7. The Kier molecular flexibility index (Phi) is 4.54. The van der Waals surface area contributed by atoms with E-state index in [2.05, 4.69) is 10.6 Å². The third-order valence-electron chi connectivity index (χ3n) is 6.80. The van der Waals surface area contributed by atoms with E-state index in [0.29, 0.717) is 6.42 Å². The first-order valence-electron chi connectivity index (χ1n) is 10.0. The molecule has 4 fully saturated rings. The number of benzene rings is 1. The van der Waals surface area contributed by atoms with Gasteiger partial charge in [0.2, 0.25) is 11.8 Å². The Morgan fingerprint density at radius 2 is 1.62 bits per heavy atom. The molecule has 4 aliphatic rings. The van der Waals surface area contributed by atoms with Crippen molar-refractivity contribution in [2.24, 2.45) is 23.2 Å². The molecule has 2 amide bonds. The molecule has 0 saturated heterocycles. The van der Waals surface area contributed by atoms with Crippen LogP contribution in [0.25, 0.3) is 0 Å². The Labute approximate surface area is 156 Å². The van der Waals surface area contributed by atoms with Gasteiger partial charge in [0, 0.05) is 12.1 Å². The molecule has 4 heteroatoms. The largest absolute Gasteiger partial charge is 0.347 e. The van der Waals surface area contributed by atoms with Gasteiger partial charge in [0.1, 0.15) is 0 Å². The minimum Gasteiger partial charge on any atom is -0.347 e. The molecular weight excluding hydrogens is 324 g/mol. The average molecular weight is 354 g/mol. The van der Waals surface area contributed by atoms with Crippen LogP contribution in [0, 0.1) is 37.0 Å². The molecule has 0 unspecified atom stereocenters. The molecule has 0 aliphatic heterocycles. The van der Waals surface area contributed by atoms with Gasteiger partial charge in [0.25, 0.3) is 0 Å². The second-order valence-corrected chi connectivity index (χ2v) is 9.24. The zero-order valence-corrected chi connectivity index (χ0v) is 15.9. The highest BCUT2D eigenvalue weighted by atomic mass is 16.2. The number of carbonyl (C=O) groups is 2. The lowest BCUT2D eigenvalue weighted by molar-refractivity contribution is -0.131. The van der Waals surface area contributed by atoms with Crippen LogP contribution in [0.15, 0.2) is 18.2 Å². The SMILES string of the molecule is Cc1ccc(NC(=O)CNC(=O)CC23CC4CC(CC(C4)C2)C3)c(C)c1. The molecule has 140 valence electrons. The number of anilines is 1. The minimum absolute atomic E-state index is 0.0442. The lowest BCUT2D eigenvalue weighted by Crippen LogP contribution is -2.48. The molecule has 1 aromatic carbocycles. The molecule has 4 saturated carbocycles. The number of rotatable bonds is 5. The van der Waals surface area contributed by atoms with Crippen molar-refractivity contribution >= 4 is 17.5 Å². The van der Waals surface area contributed by atoms with Gasteiger partial charge < -0.3 is 10.6 Å². The van der Waals surface area contributed by atoms with Crippen molar-refractivity contribution < 1.29 is 9.59 Å². The third kappa shape index (κ3) is 3.65. The Bertz CT molecular complexity index is 690. The first kappa shape index (κ1) is 17.6. The van der Waals surface area contributed by atoms with Crippen LogP contribution in [0.3, 0.4) is 0 Å². The highest BCUT2D eigenvalue weighted by Gasteiger charge is 2.51. The van der Waals surface area contributed by atoms with Crippen LogP contribution in [0.1, 0.15) is 56.1 Å². The fraction of sp³-hybridized carbons (Fsp3) is 0.636. The van der Waals surface area contributed by atoms with Crippen molar-refractivity contribution in [2.75, 3.05) is 11.9 Å². The molecular formula is C22H30N2O2. The highest BCUT2D eigenvalue weighted by molar-refractivity contribution is 5.95. The molecule has 4 bridgehead atoms. The second-order valence-electron chi connectivity index (χ2n) is 9.24. The molecule has 5 rings (SSSR count). The maximum absolute atomic E-state index is 12.5. The van der Waals surface area contributed by atoms with Gasteiger partial charge in [-0.2, -0.15) is 0 Å². The number of aryl methyl sites for hydroxylation is 2. The van der Waals surface area contributed by atoms with Crippen LogP contribution in [0.4, 0.5) is 5.69 Å². The van der Waals surface area contributed by atoms with E-state index >= 15 is 0 Å². The van der Waals surface area contributed by atoms with Gasteiger partial charge in [-0.05, 0) is 87.2 Å². The summed E-state index contributed by atoms with van der Waals surface area (Å²) >= 11 is 0. The Hall–Kier alpha value is -1.84. The van der Waals surface area contributed by atoms with E-state index in [1.807, 2.05) is 32.0 Å². The van der Waals surface area contributed by atoms with E-state index in [4.69, 9.17) is 0 Å². The molecule has 26 heavy (non-hydrogen) atoms. The molecule has 4 aliphatic carbocycles. The van der Waals surface area contributed by atoms with Gasteiger partial charge in [0.15, 0.2) is 0 Å². The van der Waals surface area contributed by atoms with Crippen molar-refractivity contribution in [3.8, 4) is 0 Å². The van der Waals surface area contributed by atoms with Crippen LogP contribution in [0.2, 0.25) is 0 Å². The second kappa shape index (κ2) is 6.71. The Morgan fingerprint density at radius 3 is 2.19 bits per heavy atom. The van der Waals surface area contributed by atoms with Crippen molar-refractivity contribution in [3.05, 3.63) is 29.3 Å². The van der Waals surface area contributed by atoms with E-state index in [9.17, 15) is 9.59 Å². The quantitative estimate of drug-likeness (QED) is 0.841. The molecule has 0 spiro atoms. The highest BCUT2D eigenvalue weighted by Crippen LogP contribution is 2.61. The summed E-state index contributed by atoms with van der Waals surface area (Å²) in [5.41, 5.74) is 3.25. The smallest absolute Gasteiger partial charge is 0.243 e. The normalized spacial score (nSPS) is 31.7. The fourth-order valence-corrected chi connectivity index (χ4v) is 6.24.